The number of benzene rings is 2. The summed E-state index contributed by atoms with van der Waals surface area (Å²) in [5.74, 6) is -3.02. The highest BCUT2D eigenvalue weighted by atomic mass is 16.6. The van der Waals surface area contributed by atoms with E-state index in [1.54, 1.807) is 20.8 Å². The van der Waals surface area contributed by atoms with Crippen molar-refractivity contribution in [1.82, 2.24) is 5.32 Å². The second-order valence-corrected chi connectivity index (χ2v) is 10.2. The van der Waals surface area contributed by atoms with Crippen LogP contribution in [-0.2, 0) is 38.6 Å². The molecule has 7 nitrogen and oxygen atoms in total. The lowest BCUT2D eigenvalue weighted by Crippen LogP contribution is -2.37. The van der Waals surface area contributed by atoms with Crippen molar-refractivity contribution in [2.75, 3.05) is 0 Å². The highest BCUT2D eigenvalue weighted by molar-refractivity contribution is 5.81. The van der Waals surface area contributed by atoms with Gasteiger partial charge in [-0.15, -0.1) is 0 Å². The number of carboxylic acids is 1. The molecule has 0 fully saturated rings. The molecule has 2 aromatic rings. The van der Waals surface area contributed by atoms with Crippen LogP contribution in [0.3, 0.4) is 0 Å². The van der Waals surface area contributed by atoms with E-state index >= 15 is 0 Å². The number of rotatable bonds is 11. The molecule has 0 bridgehead atoms. The van der Waals surface area contributed by atoms with Crippen molar-refractivity contribution < 1.29 is 29.0 Å². The molecule has 2 N–H and O–H groups in total. The van der Waals surface area contributed by atoms with Crippen LogP contribution in [0.1, 0.15) is 57.7 Å². The number of nitrogens with one attached hydrogen (secondary N) is 1. The normalized spacial score (nSPS) is 13.1. The zero-order chi connectivity index (χ0) is 26.0. The molecule has 0 radical (unpaired) electrons. The molecule has 0 saturated carbocycles. The van der Waals surface area contributed by atoms with E-state index in [1.807, 2.05) is 68.4 Å². The SMILES string of the molecule is CC(C)C[C@@H](C(=O)O)C(Cc1ccc(CNC(=O)OCc2ccccc2)cc1)C(=O)OC(C)(C)C. The minimum absolute atomic E-state index is 0.121. The average Bonchev–Trinajstić information content (AvgIpc) is 2.78. The van der Waals surface area contributed by atoms with Gasteiger partial charge in [-0.3, -0.25) is 9.59 Å². The Morgan fingerprint density at radius 1 is 0.886 bits per heavy atom. The van der Waals surface area contributed by atoms with Gasteiger partial charge < -0.3 is 19.9 Å². The van der Waals surface area contributed by atoms with Gasteiger partial charge in [-0.1, -0.05) is 68.4 Å². The number of hydrogen-bond donors (Lipinski definition) is 2. The van der Waals surface area contributed by atoms with Gasteiger partial charge in [-0.2, -0.15) is 0 Å². The van der Waals surface area contributed by atoms with Crippen molar-refractivity contribution in [3.63, 3.8) is 0 Å². The fraction of sp³-hybridized carbons (Fsp3) is 0.464. The number of carbonyl (C=O) groups is 3. The summed E-state index contributed by atoms with van der Waals surface area (Å²) in [6, 6.07) is 16.8. The van der Waals surface area contributed by atoms with Crippen LogP contribution < -0.4 is 5.32 Å². The van der Waals surface area contributed by atoms with Crippen molar-refractivity contribution in [2.24, 2.45) is 17.8 Å². The topological polar surface area (TPSA) is 102 Å². The fourth-order valence-electron chi connectivity index (χ4n) is 3.71. The Morgan fingerprint density at radius 3 is 2.03 bits per heavy atom. The summed E-state index contributed by atoms with van der Waals surface area (Å²) in [6.45, 7) is 9.67. The molecule has 7 heteroatoms. The number of carbonyl (C=O) groups excluding carboxylic acids is 2. The third-order valence-electron chi connectivity index (χ3n) is 5.37. The van der Waals surface area contributed by atoms with Gasteiger partial charge in [0.05, 0.1) is 11.8 Å². The highest BCUT2D eigenvalue weighted by Gasteiger charge is 2.37. The van der Waals surface area contributed by atoms with Gasteiger partial charge in [-0.05, 0) is 56.2 Å². The maximum absolute atomic E-state index is 13.0. The summed E-state index contributed by atoms with van der Waals surface area (Å²) in [4.78, 5) is 37.0. The van der Waals surface area contributed by atoms with Gasteiger partial charge in [0.15, 0.2) is 0 Å². The van der Waals surface area contributed by atoms with E-state index in [0.717, 1.165) is 16.7 Å². The molecule has 35 heavy (non-hydrogen) atoms. The molecule has 0 aliphatic carbocycles. The number of amides is 1. The zero-order valence-electron chi connectivity index (χ0n) is 21.2. The largest absolute Gasteiger partial charge is 0.481 e. The van der Waals surface area contributed by atoms with Gasteiger partial charge in [0, 0.05) is 6.54 Å². The number of ether oxygens (including phenoxy) is 2. The van der Waals surface area contributed by atoms with Crippen LogP contribution in [0, 0.1) is 17.8 Å². The molecular weight excluding hydrogens is 446 g/mol. The maximum atomic E-state index is 13.0. The summed E-state index contributed by atoms with van der Waals surface area (Å²) < 4.78 is 10.8. The Labute approximate surface area is 207 Å². The second kappa shape index (κ2) is 12.9. The van der Waals surface area contributed by atoms with E-state index in [-0.39, 0.29) is 25.5 Å². The second-order valence-electron chi connectivity index (χ2n) is 10.2. The molecule has 190 valence electrons. The first-order valence-corrected chi connectivity index (χ1v) is 11.9. The average molecular weight is 484 g/mol. The van der Waals surface area contributed by atoms with Gasteiger partial charge >= 0.3 is 18.0 Å². The Kier molecular flexibility index (Phi) is 10.3. The Hall–Kier alpha value is -3.35. The molecule has 0 aromatic heterocycles. The summed E-state index contributed by atoms with van der Waals surface area (Å²) in [6.07, 6.45) is 0.124. The molecular formula is C28H37NO6. The molecule has 2 rings (SSSR count). The van der Waals surface area contributed by atoms with Gasteiger partial charge in [-0.25, -0.2) is 4.79 Å². The fourth-order valence-corrected chi connectivity index (χ4v) is 3.71. The van der Waals surface area contributed by atoms with Crippen molar-refractivity contribution in [3.05, 3.63) is 71.3 Å². The van der Waals surface area contributed by atoms with Crippen molar-refractivity contribution in [2.45, 2.75) is 66.2 Å². The number of carboxylic acid groups (broad SMARTS) is 1. The van der Waals surface area contributed by atoms with E-state index in [2.05, 4.69) is 5.32 Å². The number of esters is 1. The first-order valence-electron chi connectivity index (χ1n) is 11.9. The smallest absolute Gasteiger partial charge is 0.407 e. The summed E-state index contributed by atoms with van der Waals surface area (Å²) >= 11 is 0. The Balaban J connectivity index is 2.01. The molecule has 0 saturated heterocycles. The minimum Gasteiger partial charge on any atom is -0.481 e. The van der Waals surface area contributed by atoms with E-state index in [1.165, 1.54) is 0 Å². The molecule has 2 aromatic carbocycles. The highest BCUT2D eigenvalue weighted by Crippen LogP contribution is 2.28. The van der Waals surface area contributed by atoms with Gasteiger partial charge in [0.1, 0.15) is 12.2 Å². The third-order valence-corrected chi connectivity index (χ3v) is 5.37. The van der Waals surface area contributed by atoms with Crippen LogP contribution in [0.15, 0.2) is 54.6 Å². The quantitative estimate of drug-likeness (QED) is 0.417. The minimum atomic E-state index is -0.996. The summed E-state index contributed by atoms with van der Waals surface area (Å²) in [5, 5.41) is 12.6. The van der Waals surface area contributed by atoms with Crippen LogP contribution in [0.5, 0.6) is 0 Å². The zero-order valence-corrected chi connectivity index (χ0v) is 21.2. The standard InChI is InChI=1S/C28H37NO6/c1-19(2)15-23(25(30)31)24(26(32)35-28(3,4)5)16-20-11-13-21(14-12-20)17-29-27(33)34-18-22-9-7-6-8-10-22/h6-14,19,23-24H,15-18H2,1-5H3,(H,29,33)(H,30,31)/t23-,24?/m1/s1. The van der Waals surface area contributed by atoms with Gasteiger partial charge in [0.2, 0.25) is 0 Å². The predicted octanol–water partition coefficient (Wildman–Crippen LogP) is 5.36. The monoisotopic (exact) mass is 483 g/mol. The van der Waals surface area contributed by atoms with Crippen LogP contribution in [-0.4, -0.2) is 28.7 Å². The summed E-state index contributed by atoms with van der Waals surface area (Å²) in [5.41, 5.74) is 1.88. The molecule has 0 spiro atoms. The van der Waals surface area contributed by atoms with E-state index < -0.39 is 35.5 Å². The lowest BCUT2D eigenvalue weighted by atomic mass is 9.81. The maximum Gasteiger partial charge on any atom is 0.407 e. The summed E-state index contributed by atoms with van der Waals surface area (Å²) in [7, 11) is 0. The van der Waals surface area contributed by atoms with Crippen molar-refractivity contribution in [3.8, 4) is 0 Å². The predicted molar refractivity (Wildman–Crippen MR) is 134 cm³/mol. The lowest BCUT2D eigenvalue weighted by Gasteiger charge is -2.28. The van der Waals surface area contributed by atoms with E-state index in [9.17, 15) is 19.5 Å². The van der Waals surface area contributed by atoms with Crippen LogP contribution in [0.4, 0.5) is 4.79 Å². The van der Waals surface area contributed by atoms with E-state index in [0.29, 0.717) is 6.42 Å². The Bertz CT molecular complexity index is 963. The van der Waals surface area contributed by atoms with Crippen LogP contribution in [0.2, 0.25) is 0 Å². The molecule has 0 aliphatic heterocycles. The number of alkyl carbamates (subject to hydrolysis) is 1. The number of aliphatic carboxylic acids is 1. The van der Waals surface area contributed by atoms with Crippen molar-refractivity contribution in [1.29, 1.82) is 0 Å². The van der Waals surface area contributed by atoms with Crippen LogP contribution in [0.25, 0.3) is 0 Å². The number of hydrogen-bond acceptors (Lipinski definition) is 5. The molecule has 2 atom stereocenters. The van der Waals surface area contributed by atoms with E-state index in [4.69, 9.17) is 9.47 Å². The third kappa shape index (κ3) is 10.2. The van der Waals surface area contributed by atoms with Gasteiger partial charge in [0.25, 0.3) is 0 Å². The molecule has 1 unspecified atom stereocenters. The molecule has 1 amide bonds. The first kappa shape index (κ1) is 27.9. The molecule has 0 heterocycles. The van der Waals surface area contributed by atoms with Crippen molar-refractivity contribution >= 4 is 18.0 Å². The first-order chi connectivity index (χ1) is 16.4. The Morgan fingerprint density at radius 2 is 1.49 bits per heavy atom. The molecule has 0 aliphatic rings. The van der Waals surface area contributed by atoms with Crippen LogP contribution >= 0.6 is 0 Å². The lowest BCUT2D eigenvalue weighted by molar-refractivity contribution is -0.167.